The second-order valence-electron chi connectivity index (χ2n) is 5.23. The van der Waals surface area contributed by atoms with Crippen molar-refractivity contribution in [1.82, 2.24) is 4.72 Å². The molecule has 1 atom stereocenters. The molecule has 0 bridgehead atoms. The molecule has 2 rings (SSSR count). The predicted octanol–water partition coefficient (Wildman–Crippen LogP) is 3.90. The van der Waals surface area contributed by atoms with Crippen LogP contribution in [0.3, 0.4) is 0 Å². The van der Waals surface area contributed by atoms with E-state index in [1.54, 1.807) is 25.3 Å². The summed E-state index contributed by atoms with van der Waals surface area (Å²) in [6.07, 6.45) is 0.963. The van der Waals surface area contributed by atoms with E-state index < -0.39 is 10.0 Å². The van der Waals surface area contributed by atoms with Gasteiger partial charge in [-0.15, -0.1) is 0 Å². The highest BCUT2D eigenvalue weighted by Crippen LogP contribution is 2.25. The number of hydrogen-bond donors (Lipinski definition) is 1. The lowest BCUT2D eigenvalue weighted by Gasteiger charge is -2.15. The van der Waals surface area contributed by atoms with E-state index >= 15 is 0 Å². The number of hydrogen-bond acceptors (Lipinski definition) is 3. The zero-order valence-electron chi connectivity index (χ0n) is 13.3. The first-order valence-electron chi connectivity index (χ1n) is 7.32. The summed E-state index contributed by atoms with van der Waals surface area (Å²) in [6.45, 7) is 3.93. The topological polar surface area (TPSA) is 55.4 Å². The van der Waals surface area contributed by atoms with Crippen LogP contribution in [0.25, 0.3) is 0 Å². The Balaban J connectivity index is 2.21. The van der Waals surface area contributed by atoms with Crippen LogP contribution in [0.15, 0.2) is 47.4 Å². The fourth-order valence-corrected chi connectivity index (χ4v) is 4.43. The SMILES string of the molecule is CCc1ccc(C(C)NS(=O)(=O)c2ccc(OC)c(I)c2)cc1. The molecule has 0 aliphatic heterocycles. The monoisotopic (exact) mass is 445 g/mol. The normalized spacial score (nSPS) is 12.9. The van der Waals surface area contributed by atoms with Crippen molar-refractivity contribution in [3.05, 3.63) is 57.2 Å². The Morgan fingerprint density at radius 2 is 1.83 bits per heavy atom. The standard InChI is InChI=1S/C17H20INO3S/c1-4-13-5-7-14(8-6-13)12(2)19-23(20,21)15-9-10-17(22-3)16(18)11-15/h5-12,19H,4H2,1-3H3. The molecule has 1 unspecified atom stereocenters. The van der Waals surface area contributed by atoms with Gasteiger partial charge in [-0.3, -0.25) is 0 Å². The van der Waals surface area contributed by atoms with Gasteiger partial charge in [0.15, 0.2) is 0 Å². The zero-order chi connectivity index (χ0) is 17.0. The molecule has 0 aliphatic carbocycles. The molecule has 0 amide bonds. The van der Waals surface area contributed by atoms with Crippen LogP contribution in [-0.4, -0.2) is 15.5 Å². The molecule has 6 heteroatoms. The van der Waals surface area contributed by atoms with E-state index in [0.29, 0.717) is 5.75 Å². The van der Waals surface area contributed by atoms with Crippen LogP contribution in [0.1, 0.15) is 31.0 Å². The van der Waals surface area contributed by atoms with Gasteiger partial charge in [-0.25, -0.2) is 13.1 Å². The van der Waals surface area contributed by atoms with E-state index in [4.69, 9.17) is 4.74 Å². The molecule has 2 aromatic rings. The highest BCUT2D eigenvalue weighted by atomic mass is 127. The molecule has 0 radical (unpaired) electrons. The van der Waals surface area contributed by atoms with E-state index in [9.17, 15) is 8.42 Å². The number of sulfonamides is 1. The summed E-state index contributed by atoms with van der Waals surface area (Å²) in [5.41, 5.74) is 2.17. The largest absolute Gasteiger partial charge is 0.496 e. The second kappa shape index (κ2) is 7.63. The molecule has 0 saturated heterocycles. The Morgan fingerprint density at radius 1 is 1.17 bits per heavy atom. The Labute approximate surface area is 151 Å². The highest BCUT2D eigenvalue weighted by molar-refractivity contribution is 14.1. The summed E-state index contributed by atoms with van der Waals surface area (Å²) >= 11 is 2.06. The lowest BCUT2D eigenvalue weighted by molar-refractivity contribution is 0.411. The van der Waals surface area contributed by atoms with Gasteiger partial charge in [0.1, 0.15) is 5.75 Å². The average Bonchev–Trinajstić information content (AvgIpc) is 2.54. The Hall–Kier alpha value is -1.12. The van der Waals surface area contributed by atoms with Gasteiger partial charge in [-0.1, -0.05) is 31.2 Å². The molecule has 0 spiro atoms. The number of nitrogens with one attached hydrogen (secondary N) is 1. The molecule has 4 nitrogen and oxygen atoms in total. The summed E-state index contributed by atoms with van der Waals surface area (Å²) in [6, 6.07) is 12.5. The summed E-state index contributed by atoms with van der Waals surface area (Å²) in [4.78, 5) is 0.236. The van der Waals surface area contributed by atoms with Gasteiger partial charge in [0, 0.05) is 6.04 Å². The first kappa shape index (κ1) is 18.2. The second-order valence-corrected chi connectivity index (χ2v) is 8.11. The Kier molecular flexibility index (Phi) is 6.05. The molecule has 124 valence electrons. The van der Waals surface area contributed by atoms with Crippen molar-refractivity contribution in [3.63, 3.8) is 0 Å². The van der Waals surface area contributed by atoms with Crippen molar-refractivity contribution in [2.75, 3.05) is 7.11 Å². The van der Waals surface area contributed by atoms with Crippen molar-refractivity contribution in [2.24, 2.45) is 0 Å². The predicted molar refractivity (Wildman–Crippen MR) is 100 cm³/mol. The maximum atomic E-state index is 12.5. The van der Waals surface area contributed by atoms with E-state index in [-0.39, 0.29) is 10.9 Å². The molecular weight excluding hydrogens is 425 g/mol. The van der Waals surface area contributed by atoms with Gasteiger partial charge >= 0.3 is 0 Å². The van der Waals surface area contributed by atoms with E-state index in [1.807, 2.05) is 31.2 Å². The molecule has 1 N–H and O–H groups in total. The van der Waals surface area contributed by atoms with Crippen LogP contribution < -0.4 is 9.46 Å². The number of methoxy groups -OCH3 is 1. The summed E-state index contributed by atoms with van der Waals surface area (Å²) < 4.78 is 33.7. The minimum atomic E-state index is -3.58. The van der Waals surface area contributed by atoms with E-state index in [1.165, 1.54) is 5.56 Å². The number of benzene rings is 2. The Morgan fingerprint density at radius 3 is 2.35 bits per heavy atom. The van der Waals surface area contributed by atoms with Gasteiger partial charge < -0.3 is 4.74 Å². The molecule has 0 aliphatic rings. The fraction of sp³-hybridized carbons (Fsp3) is 0.294. The third-order valence-electron chi connectivity index (χ3n) is 3.65. The van der Waals surface area contributed by atoms with Gasteiger partial charge in [0.2, 0.25) is 10.0 Å². The van der Waals surface area contributed by atoms with Gasteiger partial charge in [-0.2, -0.15) is 0 Å². The summed E-state index contributed by atoms with van der Waals surface area (Å²) in [7, 11) is -2.02. The van der Waals surface area contributed by atoms with Gasteiger partial charge in [0.25, 0.3) is 0 Å². The van der Waals surface area contributed by atoms with Crippen LogP contribution in [0.5, 0.6) is 5.75 Å². The molecule has 2 aromatic carbocycles. The zero-order valence-corrected chi connectivity index (χ0v) is 16.3. The van der Waals surface area contributed by atoms with E-state index in [2.05, 4.69) is 34.2 Å². The van der Waals surface area contributed by atoms with Crippen molar-refractivity contribution >= 4 is 32.6 Å². The lowest BCUT2D eigenvalue weighted by atomic mass is 10.1. The average molecular weight is 445 g/mol. The van der Waals surface area contributed by atoms with Gasteiger partial charge in [-0.05, 0) is 65.3 Å². The quantitative estimate of drug-likeness (QED) is 0.687. The summed E-state index contributed by atoms with van der Waals surface area (Å²) in [5.74, 6) is 0.660. The lowest BCUT2D eigenvalue weighted by Crippen LogP contribution is -2.27. The van der Waals surface area contributed by atoms with Crippen LogP contribution >= 0.6 is 22.6 Å². The van der Waals surface area contributed by atoms with Gasteiger partial charge in [0.05, 0.1) is 15.6 Å². The number of aryl methyl sites for hydroxylation is 1. The first-order valence-corrected chi connectivity index (χ1v) is 9.88. The van der Waals surface area contributed by atoms with Crippen molar-refractivity contribution in [1.29, 1.82) is 0 Å². The molecule has 0 aromatic heterocycles. The summed E-state index contributed by atoms with van der Waals surface area (Å²) in [5, 5.41) is 0. The Bertz CT molecular complexity index is 773. The van der Waals surface area contributed by atoms with Crippen LogP contribution in [0, 0.1) is 3.57 Å². The van der Waals surface area contributed by atoms with Crippen molar-refractivity contribution in [2.45, 2.75) is 31.2 Å². The van der Waals surface area contributed by atoms with Crippen LogP contribution in [0.2, 0.25) is 0 Å². The smallest absolute Gasteiger partial charge is 0.241 e. The minimum absolute atomic E-state index is 0.236. The van der Waals surface area contributed by atoms with Crippen LogP contribution in [-0.2, 0) is 16.4 Å². The van der Waals surface area contributed by atoms with Crippen LogP contribution in [0.4, 0.5) is 0 Å². The third-order valence-corrected chi connectivity index (χ3v) is 6.03. The molecule has 0 saturated carbocycles. The minimum Gasteiger partial charge on any atom is -0.496 e. The molecule has 0 heterocycles. The molecule has 23 heavy (non-hydrogen) atoms. The van der Waals surface area contributed by atoms with Crippen molar-refractivity contribution < 1.29 is 13.2 Å². The molecule has 0 fully saturated rings. The fourth-order valence-electron chi connectivity index (χ4n) is 2.23. The maximum absolute atomic E-state index is 12.5. The highest BCUT2D eigenvalue weighted by Gasteiger charge is 2.19. The number of rotatable bonds is 6. The number of halogens is 1. The maximum Gasteiger partial charge on any atom is 0.241 e. The third kappa shape index (κ3) is 4.45. The number of ether oxygens (including phenoxy) is 1. The first-order chi connectivity index (χ1) is 10.9. The molecular formula is C17H20INO3S. The van der Waals surface area contributed by atoms with E-state index in [0.717, 1.165) is 15.6 Å². The van der Waals surface area contributed by atoms with Crippen molar-refractivity contribution in [3.8, 4) is 5.75 Å².